The molecule has 5 aliphatic rings. The summed E-state index contributed by atoms with van der Waals surface area (Å²) in [6.45, 7) is 8.34. The van der Waals surface area contributed by atoms with Crippen molar-refractivity contribution in [3.8, 4) is 0 Å². The molecule has 0 bridgehead atoms. The van der Waals surface area contributed by atoms with E-state index < -0.39 is 0 Å². The van der Waals surface area contributed by atoms with E-state index in [0.29, 0.717) is 22.7 Å². The normalized spacial score (nSPS) is 43.1. The molecule has 35 heavy (non-hydrogen) atoms. The molecule has 6 nitrogen and oxygen atoms in total. The first-order chi connectivity index (χ1) is 16.9. The lowest BCUT2D eigenvalue weighted by molar-refractivity contribution is -0.124. The van der Waals surface area contributed by atoms with E-state index in [0.717, 1.165) is 56.8 Å². The highest BCUT2D eigenvalue weighted by Gasteiger charge is 2.60. The molecular weight excluding hydrogens is 440 g/mol. The summed E-state index contributed by atoms with van der Waals surface area (Å²) in [5.41, 5.74) is 1.65. The van der Waals surface area contributed by atoms with Crippen LogP contribution in [0.5, 0.6) is 0 Å². The number of nitrogens with zero attached hydrogens (tertiary/aromatic N) is 1. The summed E-state index contributed by atoms with van der Waals surface area (Å²) in [6.07, 6.45) is 12.7. The standard InChI is InChI=1S/C29H42N2O4/c1-28-11-9-21(35-27(33)31-15-13-30-14-16-31)17-20(28)4-5-22-24-7-6-23(19-3-8-26(32)34-18-19)29(24,2)12-10-25(22)28/h3,8,18,20-25,30H,4-7,9-17H2,1-2H3. The van der Waals surface area contributed by atoms with Crippen LogP contribution in [0.25, 0.3) is 0 Å². The van der Waals surface area contributed by atoms with Gasteiger partial charge in [-0.15, -0.1) is 0 Å². The largest absolute Gasteiger partial charge is 0.446 e. The van der Waals surface area contributed by atoms with E-state index >= 15 is 0 Å². The molecule has 1 aliphatic heterocycles. The van der Waals surface area contributed by atoms with Gasteiger partial charge in [0.1, 0.15) is 6.10 Å². The molecule has 2 heterocycles. The Morgan fingerprint density at radius 2 is 1.77 bits per heavy atom. The Hall–Kier alpha value is -1.82. The van der Waals surface area contributed by atoms with E-state index in [1.807, 2.05) is 11.0 Å². The Kier molecular flexibility index (Phi) is 6.02. The highest BCUT2D eigenvalue weighted by molar-refractivity contribution is 5.68. The van der Waals surface area contributed by atoms with Crippen LogP contribution < -0.4 is 10.9 Å². The van der Waals surface area contributed by atoms with Crippen molar-refractivity contribution >= 4 is 6.09 Å². The summed E-state index contributed by atoms with van der Waals surface area (Å²) >= 11 is 0. The third-order valence-corrected chi connectivity index (χ3v) is 11.4. The van der Waals surface area contributed by atoms with Crippen molar-refractivity contribution < 1.29 is 13.9 Å². The zero-order valence-corrected chi connectivity index (χ0v) is 21.5. The van der Waals surface area contributed by atoms with E-state index in [9.17, 15) is 9.59 Å². The molecule has 6 heteroatoms. The van der Waals surface area contributed by atoms with Gasteiger partial charge in [-0.2, -0.15) is 0 Å². The van der Waals surface area contributed by atoms with Crippen molar-refractivity contribution in [2.24, 2.45) is 34.5 Å². The number of carbonyl (C=O) groups is 1. The van der Waals surface area contributed by atoms with E-state index in [4.69, 9.17) is 9.15 Å². The van der Waals surface area contributed by atoms with Gasteiger partial charge >= 0.3 is 11.7 Å². The van der Waals surface area contributed by atoms with Gasteiger partial charge in [-0.05, 0) is 110 Å². The Balaban J connectivity index is 1.14. The number of piperazine rings is 1. The Morgan fingerprint density at radius 3 is 2.54 bits per heavy atom. The quantitative estimate of drug-likeness (QED) is 0.629. The van der Waals surface area contributed by atoms with Crippen LogP contribution in [0.2, 0.25) is 0 Å². The van der Waals surface area contributed by atoms with Crippen LogP contribution >= 0.6 is 0 Å². The lowest BCUT2D eigenvalue weighted by Crippen LogP contribution is -2.54. The smallest absolute Gasteiger partial charge is 0.410 e. The number of carbonyl (C=O) groups excluding carboxylic acids is 1. The van der Waals surface area contributed by atoms with Crippen molar-refractivity contribution in [1.82, 2.24) is 10.2 Å². The molecule has 1 saturated heterocycles. The zero-order chi connectivity index (χ0) is 24.2. The summed E-state index contributed by atoms with van der Waals surface area (Å²) < 4.78 is 11.3. The summed E-state index contributed by atoms with van der Waals surface area (Å²) in [4.78, 5) is 26.1. The predicted octanol–water partition coefficient (Wildman–Crippen LogP) is 5.18. The molecule has 6 rings (SSSR count). The number of fused-ring (bicyclic) bond motifs is 5. The highest BCUT2D eigenvalue weighted by Crippen LogP contribution is 2.69. The molecule has 0 spiro atoms. The van der Waals surface area contributed by atoms with Crippen LogP contribution in [0.3, 0.4) is 0 Å². The third-order valence-electron chi connectivity index (χ3n) is 11.4. The average molecular weight is 483 g/mol. The monoisotopic (exact) mass is 482 g/mol. The number of hydrogen-bond acceptors (Lipinski definition) is 5. The molecule has 0 aromatic carbocycles. The van der Waals surface area contributed by atoms with Crippen molar-refractivity contribution in [3.63, 3.8) is 0 Å². The van der Waals surface area contributed by atoms with Gasteiger partial charge < -0.3 is 19.4 Å². The SMILES string of the molecule is CC12CCC(OC(=O)N3CCNCC3)CC1CCC1C2CCC2(C)C(c3ccc(=O)oc3)CCC12. The van der Waals surface area contributed by atoms with Gasteiger partial charge in [-0.1, -0.05) is 13.8 Å². The molecule has 8 atom stereocenters. The van der Waals surface area contributed by atoms with Gasteiger partial charge in [0.25, 0.3) is 0 Å². The minimum atomic E-state index is -0.252. The van der Waals surface area contributed by atoms with Crippen LogP contribution in [-0.2, 0) is 4.74 Å². The van der Waals surface area contributed by atoms with Gasteiger partial charge in [0.05, 0.1) is 6.26 Å². The summed E-state index contributed by atoms with van der Waals surface area (Å²) in [6, 6.07) is 3.61. The van der Waals surface area contributed by atoms with Crippen molar-refractivity contribution in [2.45, 2.75) is 83.7 Å². The molecule has 1 aromatic rings. The van der Waals surface area contributed by atoms with Crippen molar-refractivity contribution in [3.05, 3.63) is 34.4 Å². The average Bonchev–Trinajstić information content (AvgIpc) is 3.22. The first-order valence-electron chi connectivity index (χ1n) is 14.1. The molecular formula is C29H42N2O4. The second kappa shape index (κ2) is 8.93. The fraction of sp³-hybridized carbons (Fsp3) is 0.793. The molecule has 8 unspecified atom stereocenters. The molecule has 5 fully saturated rings. The number of ether oxygens (including phenoxy) is 1. The fourth-order valence-corrected chi connectivity index (χ4v) is 9.51. The maximum absolute atomic E-state index is 12.7. The first-order valence-corrected chi connectivity index (χ1v) is 14.1. The number of nitrogens with one attached hydrogen (secondary N) is 1. The second-order valence-electron chi connectivity index (χ2n) is 12.7. The molecule has 4 aliphatic carbocycles. The van der Waals surface area contributed by atoms with E-state index in [1.54, 1.807) is 12.3 Å². The maximum Gasteiger partial charge on any atom is 0.410 e. The molecule has 1 aromatic heterocycles. The van der Waals surface area contributed by atoms with Gasteiger partial charge in [-0.3, -0.25) is 0 Å². The number of rotatable bonds is 2. The Morgan fingerprint density at radius 1 is 1.00 bits per heavy atom. The van der Waals surface area contributed by atoms with Gasteiger partial charge in [0.2, 0.25) is 0 Å². The van der Waals surface area contributed by atoms with E-state index in [-0.39, 0.29) is 17.8 Å². The predicted molar refractivity (Wildman–Crippen MR) is 134 cm³/mol. The molecule has 4 saturated carbocycles. The minimum absolute atomic E-state index is 0.0875. The van der Waals surface area contributed by atoms with Crippen LogP contribution in [0.4, 0.5) is 4.79 Å². The van der Waals surface area contributed by atoms with Gasteiger partial charge in [0.15, 0.2) is 0 Å². The number of hydrogen-bond donors (Lipinski definition) is 1. The van der Waals surface area contributed by atoms with Gasteiger partial charge in [-0.25, -0.2) is 9.59 Å². The minimum Gasteiger partial charge on any atom is -0.446 e. The molecule has 192 valence electrons. The summed E-state index contributed by atoms with van der Waals surface area (Å²) in [5, 5.41) is 3.31. The maximum atomic E-state index is 12.7. The van der Waals surface area contributed by atoms with Crippen LogP contribution in [0.1, 0.15) is 83.1 Å². The topological polar surface area (TPSA) is 71.8 Å². The summed E-state index contributed by atoms with van der Waals surface area (Å²) in [5.74, 6) is 3.53. The highest BCUT2D eigenvalue weighted by atomic mass is 16.6. The second-order valence-corrected chi connectivity index (χ2v) is 12.7. The van der Waals surface area contributed by atoms with Crippen molar-refractivity contribution in [1.29, 1.82) is 0 Å². The van der Waals surface area contributed by atoms with Crippen LogP contribution in [-0.4, -0.2) is 43.3 Å². The fourth-order valence-electron chi connectivity index (χ4n) is 9.51. The van der Waals surface area contributed by atoms with Crippen LogP contribution in [0, 0.1) is 34.5 Å². The molecule has 1 amide bonds. The van der Waals surface area contributed by atoms with Crippen LogP contribution in [0.15, 0.2) is 27.6 Å². The molecule has 0 radical (unpaired) electrons. The van der Waals surface area contributed by atoms with E-state index in [2.05, 4.69) is 19.2 Å². The lowest BCUT2D eigenvalue weighted by Gasteiger charge is -2.61. The van der Waals surface area contributed by atoms with Crippen molar-refractivity contribution in [2.75, 3.05) is 26.2 Å². The first kappa shape index (κ1) is 23.6. The lowest BCUT2D eigenvalue weighted by atomic mass is 9.44. The number of amides is 1. The van der Waals surface area contributed by atoms with Gasteiger partial charge in [0, 0.05) is 32.2 Å². The third kappa shape index (κ3) is 3.95. The Bertz CT molecular complexity index is 982. The Labute approximate surface area is 209 Å². The molecule has 1 N–H and O–H groups in total. The zero-order valence-electron chi connectivity index (χ0n) is 21.5. The van der Waals surface area contributed by atoms with E-state index in [1.165, 1.54) is 50.5 Å². The summed E-state index contributed by atoms with van der Waals surface area (Å²) in [7, 11) is 0.